The second kappa shape index (κ2) is 6.58. The topological polar surface area (TPSA) is 59.2 Å². The number of thioether (sulfide) groups is 1. The minimum atomic E-state index is 0.0945. The van der Waals surface area contributed by atoms with E-state index in [2.05, 4.69) is 4.98 Å². The summed E-state index contributed by atoms with van der Waals surface area (Å²) in [6.07, 6.45) is 1.60. The van der Waals surface area contributed by atoms with Crippen LogP contribution in [-0.2, 0) is 11.3 Å². The molecule has 0 bridgehead atoms. The normalized spacial score (nSPS) is 10.4. The number of nitrogens with two attached hydrogens (primary N) is 1. The predicted octanol–water partition coefficient (Wildman–Crippen LogP) is 2.48. The van der Waals surface area contributed by atoms with Crippen molar-refractivity contribution >= 4 is 34.7 Å². The van der Waals surface area contributed by atoms with E-state index in [0.717, 1.165) is 5.03 Å². The molecule has 0 aliphatic carbocycles. The van der Waals surface area contributed by atoms with Gasteiger partial charge in [-0.2, -0.15) is 0 Å². The van der Waals surface area contributed by atoms with E-state index in [1.54, 1.807) is 28.5 Å². The molecule has 2 rings (SSSR count). The van der Waals surface area contributed by atoms with Crippen LogP contribution >= 0.6 is 23.1 Å². The van der Waals surface area contributed by atoms with E-state index in [4.69, 9.17) is 5.73 Å². The molecule has 0 aromatic carbocycles. The van der Waals surface area contributed by atoms with E-state index in [9.17, 15) is 4.79 Å². The van der Waals surface area contributed by atoms with Crippen molar-refractivity contribution in [3.63, 3.8) is 0 Å². The second-order valence-corrected chi connectivity index (χ2v) is 6.08. The number of amides is 1. The number of hydrogen-bond acceptors (Lipinski definition) is 5. The molecule has 1 amide bonds. The monoisotopic (exact) mass is 293 g/mol. The van der Waals surface area contributed by atoms with E-state index >= 15 is 0 Å². The number of nitrogen functional groups attached to an aromatic ring is 1. The van der Waals surface area contributed by atoms with Gasteiger partial charge >= 0.3 is 0 Å². The van der Waals surface area contributed by atoms with Gasteiger partial charge in [-0.25, -0.2) is 4.98 Å². The Morgan fingerprint density at radius 2 is 2.32 bits per heavy atom. The lowest BCUT2D eigenvalue weighted by Crippen LogP contribution is -2.27. The zero-order valence-electron chi connectivity index (χ0n) is 10.6. The van der Waals surface area contributed by atoms with E-state index in [-0.39, 0.29) is 5.91 Å². The van der Waals surface area contributed by atoms with Crippen molar-refractivity contribution < 1.29 is 4.79 Å². The molecule has 4 nitrogen and oxygen atoms in total. The molecule has 0 spiro atoms. The summed E-state index contributed by atoms with van der Waals surface area (Å²) in [5.74, 6) is 0.482. The first-order valence-electron chi connectivity index (χ1n) is 5.76. The zero-order chi connectivity index (χ0) is 13.7. The Morgan fingerprint density at radius 1 is 1.47 bits per heavy atom. The molecule has 6 heteroatoms. The first-order valence-corrected chi connectivity index (χ1v) is 7.62. The molecule has 2 N–H and O–H groups in total. The van der Waals surface area contributed by atoms with Gasteiger partial charge < -0.3 is 10.6 Å². The largest absolute Gasteiger partial charge is 0.397 e. The summed E-state index contributed by atoms with van der Waals surface area (Å²) >= 11 is 3.08. The van der Waals surface area contributed by atoms with Crippen LogP contribution in [0.1, 0.15) is 4.88 Å². The quantitative estimate of drug-likeness (QED) is 0.860. The highest BCUT2D eigenvalue weighted by Crippen LogP contribution is 2.17. The number of pyridine rings is 1. The van der Waals surface area contributed by atoms with Gasteiger partial charge in [0.25, 0.3) is 0 Å². The van der Waals surface area contributed by atoms with Crippen LogP contribution < -0.4 is 5.73 Å². The smallest absolute Gasteiger partial charge is 0.233 e. The molecular weight excluding hydrogens is 278 g/mol. The number of rotatable bonds is 5. The Labute approximate surface area is 120 Å². The Morgan fingerprint density at radius 3 is 2.95 bits per heavy atom. The van der Waals surface area contributed by atoms with Gasteiger partial charge in [-0.1, -0.05) is 17.8 Å². The maximum absolute atomic E-state index is 12.0. The number of carbonyl (C=O) groups excluding carboxylic acids is 1. The molecule has 0 fully saturated rings. The van der Waals surface area contributed by atoms with Crippen LogP contribution in [0.5, 0.6) is 0 Å². The lowest BCUT2D eigenvalue weighted by Gasteiger charge is -2.15. The SMILES string of the molecule is CN(Cc1cccs1)C(=O)CSc1ccc(N)cn1. The fourth-order valence-corrected chi connectivity index (χ4v) is 2.99. The fraction of sp³-hybridized carbons (Fsp3) is 0.231. The minimum absolute atomic E-state index is 0.0945. The Balaban J connectivity index is 1.82. The first kappa shape index (κ1) is 13.9. The van der Waals surface area contributed by atoms with Gasteiger partial charge in [-0.05, 0) is 23.6 Å². The molecule has 2 heterocycles. The number of hydrogen-bond donors (Lipinski definition) is 1. The van der Waals surface area contributed by atoms with Gasteiger partial charge in [0.15, 0.2) is 0 Å². The predicted molar refractivity (Wildman–Crippen MR) is 80.2 cm³/mol. The summed E-state index contributed by atoms with van der Waals surface area (Å²) in [5, 5.41) is 2.83. The molecule has 0 aliphatic heterocycles. The van der Waals surface area contributed by atoms with Crippen LogP contribution in [0.15, 0.2) is 40.9 Å². The van der Waals surface area contributed by atoms with Crippen LogP contribution in [0.2, 0.25) is 0 Å². The summed E-state index contributed by atoms with van der Waals surface area (Å²) in [5.41, 5.74) is 6.19. The van der Waals surface area contributed by atoms with Crippen LogP contribution in [0.25, 0.3) is 0 Å². The molecular formula is C13H15N3OS2. The van der Waals surface area contributed by atoms with Crippen molar-refractivity contribution in [1.82, 2.24) is 9.88 Å². The molecule has 0 aliphatic rings. The highest BCUT2D eigenvalue weighted by Gasteiger charge is 2.10. The number of carbonyl (C=O) groups is 1. The van der Waals surface area contributed by atoms with Gasteiger partial charge in [-0.3, -0.25) is 4.79 Å². The van der Waals surface area contributed by atoms with Crippen molar-refractivity contribution in [3.8, 4) is 0 Å². The molecule has 0 saturated carbocycles. The maximum Gasteiger partial charge on any atom is 0.233 e. The van der Waals surface area contributed by atoms with Crippen LogP contribution in [-0.4, -0.2) is 28.6 Å². The van der Waals surface area contributed by atoms with E-state index in [1.165, 1.54) is 16.6 Å². The van der Waals surface area contributed by atoms with Gasteiger partial charge in [0.1, 0.15) is 0 Å². The number of aromatic nitrogens is 1. The molecule has 0 unspecified atom stereocenters. The average molecular weight is 293 g/mol. The first-order chi connectivity index (χ1) is 9.15. The van der Waals surface area contributed by atoms with Gasteiger partial charge in [-0.15, -0.1) is 11.3 Å². The summed E-state index contributed by atoms with van der Waals surface area (Å²) < 4.78 is 0. The molecule has 0 atom stereocenters. The molecule has 19 heavy (non-hydrogen) atoms. The highest BCUT2D eigenvalue weighted by molar-refractivity contribution is 7.99. The summed E-state index contributed by atoms with van der Waals surface area (Å²) in [4.78, 5) is 19.0. The third kappa shape index (κ3) is 4.25. The molecule has 2 aromatic heterocycles. The lowest BCUT2D eigenvalue weighted by atomic mass is 10.4. The van der Waals surface area contributed by atoms with Crippen molar-refractivity contribution in [2.75, 3.05) is 18.5 Å². The fourth-order valence-electron chi connectivity index (χ4n) is 1.45. The Kier molecular flexibility index (Phi) is 4.81. The van der Waals surface area contributed by atoms with E-state index < -0.39 is 0 Å². The van der Waals surface area contributed by atoms with Crippen LogP contribution in [0, 0.1) is 0 Å². The minimum Gasteiger partial charge on any atom is -0.397 e. The maximum atomic E-state index is 12.0. The Hall–Kier alpha value is -1.53. The summed E-state index contributed by atoms with van der Waals surface area (Å²) in [7, 11) is 1.82. The van der Waals surface area contributed by atoms with Gasteiger partial charge in [0, 0.05) is 11.9 Å². The average Bonchev–Trinajstić information content (AvgIpc) is 2.90. The lowest BCUT2D eigenvalue weighted by molar-refractivity contribution is -0.127. The highest BCUT2D eigenvalue weighted by atomic mass is 32.2. The van der Waals surface area contributed by atoms with Crippen molar-refractivity contribution in [3.05, 3.63) is 40.7 Å². The zero-order valence-corrected chi connectivity index (χ0v) is 12.2. The standard InChI is InChI=1S/C13H15N3OS2/c1-16(8-11-3-2-6-18-11)13(17)9-19-12-5-4-10(14)7-15-12/h2-7H,8-9,14H2,1H3. The van der Waals surface area contributed by atoms with E-state index in [1.807, 2.05) is 30.6 Å². The number of thiophene rings is 1. The van der Waals surface area contributed by atoms with Gasteiger partial charge in [0.05, 0.1) is 29.2 Å². The third-order valence-electron chi connectivity index (χ3n) is 2.50. The second-order valence-electron chi connectivity index (χ2n) is 4.05. The van der Waals surface area contributed by atoms with Crippen molar-refractivity contribution in [1.29, 1.82) is 0 Å². The number of nitrogens with zero attached hydrogens (tertiary/aromatic N) is 2. The van der Waals surface area contributed by atoms with Crippen molar-refractivity contribution in [2.24, 2.45) is 0 Å². The molecule has 2 aromatic rings. The molecule has 0 radical (unpaired) electrons. The summed E-state index contributed by atoms with van der Waals surface area (Å²) in [6.45, 7) is 0.659. The van der Waals surface area contributed by atoms with E-state index in [0.29, 0.717) is 18.0 Å². The number of anilines is 1. The van der Waals surface area contributed by atoms with Crippen LogP contribution in [0.3, 0.4) is 0 Å². The Bertz CT molecular complexity index is 525. The molecule has 0 saturated heterocycles. The summed E-state index contributed by atoms with van der Waals surface area (Å²) in [6, 6.07) is 7.64. The van der Waals surface area contributed by atoms with Crippen LogP contribution in [0.4, 0.5) is 5.69 Å². The van der Waals surface area contributed by atoms with Crippen molar-refractivity contribution in [2.45, 2.75) is 11.6 Å². The third-order valence-corrected chi connectivity index (χ3v) is 4.29. The molecule has 100 valence electrons. The van der Waals surface area contributed by atoms with Gasteiger partial charge in [0.2, 0.25) is 5.91 Å².